The third-order valence-electron chi connectivity index (χ3n) is 4.52. The minimum absolute atomic E-state index is 0.141. The first-order valence-electron chi connectivity index (χ1n) is 10.8. The smallest absolute Gasteiger partial charge is 0.309 e. The highest BCUT2D eigenvalue weighted by molar-refractivity contribution is 5.79. The second kappa shape index (κ2) is 17.4. The van der Waals surface area contributed by atoms with Crippen LogP contribution in [0.3, 0.4) is 0 Å². The number of carbonyl (C=O) groups is 2. The van der Waals surface area contributed by atoms with Gasteiger partial charge >= 0.3 is 11.9 Å². The van der Waals surface area contributed by atoms with E-state index in [4.69, 9.17) is 9.47 Å². The standard InChI is InChI=1S/C22H42O4/c1-5-7-8-9-10-11-12-13-14-15-16-20(17-21(23)25-6-2)22(24)26-18-19(3)4/h19-20H,5-18H2,1-4H3. The fraction of sp³-hybridized carbons (Fsp3) is 0.909. The molecule has 0 radical (unpaired) electrons. The summed E-state index contributed by atoms with van der Waals surface area (Å²) in [7, 11) is 0. The number of carbonyl (C=O) groups excluding carboxylic acids is 2. The van der Waals surface area contributed by atoms with E-state index in [-0.39, 0.29) is 24.3 Å². The lowest BCUT2D eigenvalue weighted by Crippen LogP contribution is -2.23. The Balaban J connectivity index is 3.98. The molecule has 1 unspecified atom stereocenters. The van der Waals surface area contributed by atoms with Gasteiger partial charge in [-0.05, 0) is 19.3 Å². The van der Waals surface area contributed by atoms with Gasteiger partial charge in [0.1, 0.15) is 0 Å². The van der Waals surface area contributed by atoms with Crippen LogP contribution in [0, 0.1) is 11.8 Å². The summed E-state index contributed by atoms with van der Waals surface area (Å²) < 4.78 is 10.3. The number of unbranched alkanes of at least 4 members (excludes halogenated alkanes) is 9. The van der Waals surface area contributed by atoms with E-state index < -0.39 is 0 Å². The zero-order valence-corrected chi connectivity index (χ0v) is 17.7. The lowest BCUT2D eigenvalue weighted by molar-refractivity contribution is -0.156. The molecule has 0 spiro atoms. The van der Waals surface area contributed by atoms with Gasteiger partial charge in [-0.3, -0.25) is 9.59 Å². The number of esters is 2. The van der Waals surface area contributed by atoms with Crippen LogP contribution in [0.15, 0.2) is 0 Å². The molecular formula is C22H42O4. The van der Waals surface area contributed by atoms with Crippen molar-refractivity contribution < 1.29 is 19.1 Å². The molecule has 0 aromatic heterocycles. The average Bonchev–Trinajstić information content (AvgIpc) is 2.60. The van der Waals surface area contributed by atoms with Crippen LogP contribution in [0.4, 0.5) is 0 Å². The zero-order chi connectivity index (χ0) is 19.6. The lowest BCUT2D eigenvalue weighted by Gasteiger charge is -2.16. The van der Waals surface area contributed by atoms with Gasteiger partial charge in [0.05, 0.1) is 25.6 Å². The van der Waals surface area contributed by atoms with Crippen LogP contribution < -0.4 is 0 Å². The van der Waals surface area contributed by atoms with Crippen molar-refractivity contribution in [1.29, 1.82) is 0 Å². The van der Waals surface area contributed by atoms with Gasteiger partial charge < -0.3 is 9.47 Å². The summed E-state index contributed by atoms with van der Waals surface area (Å²) in [5.41, 5.74) is 0. The van der Waals surface area contributed by atoms with E-state index in [9.17, 15) is 9.59 Å². The van der Waals surface area contributed by atoms with Crippen molar-refractivity contribution in [3.8, 4) is 0 Å². The summed E-state index contributed by atoms with van der Waals surface area (Å²) in [5.74, 6) is -0.602. The Bertz CT molecular complexity index is 352. The molecule has 4 nitrogen and oxygen atoms in total. The van der Waals surface area contributed by atoms with E-state index in [0.717, 1.165) is 12.8 Å². The Morgan fingerprint density at radius 2 is 1.31 bits per heavy atom. The molecule has 0 heterocycles. The molecule has 0 aliphatic carbocycles. The Hall–Kier alpha value is -1.06. The van der Waals surface area contributed by atoms with Crippen LogP contribution >= 0.6 is 0 Å². The van der Waals surface area contributed by atoms with Gasteiger partial charge in [0.2, 0.25) is 0 Å². The molecular weight excluding hydrogens is 328 g/mol. The van der Waals surface area contributed by atoms with Gasteiger partial charge in [0.25, 0.3) is 0 Å². The Labute approximate surface area is 161 Å². The maximum absolute atomic E-state index is 12.2. The second-order valence-corrected chi connectivity index (χ2v) is 7.70. The molecule has 0 aliphatic heterocycles. The van der Waals surface area contributed by atoms with Crippen LogP contribution in [0.1, 0.15) is 105 Å². The molecule has 0 fully saturated rings. The maximum Gasteiger partial charge on any atom is 0.309 e. The van der Waals surface area contributed by atoms with Crippen LogP contribution in [-0.2, 0) is 19.1 Å². The van der Waals surface area contributed by atoms with E-state index in [1.54, 1.807) is 6.92 Å². The SMILES string of the molecule is CCCCCCCCCCCCC(CC(=O)OCC)C(=O)OCC(C)C. The summed E-state index contributed by atoms with van der Waals surface area (Å²) >= 11 is 0. The topological polar surface area (TPSA) is 52.6 Å². The normalized spacial score (nSPS) is 12.2. The summed E-state index contributed by atoms with van der Waals surface area (Å²) in [6.45, 7) is 8.81. The second-order valence-electron chi connectivity index (χ2n) is 7.70. The van der Waals surface area contributed by atoms with Gasteiger partial charge in [0.15, 0.2) is 0 Å². The summed E-state index contributed by atoms with van der Waals surface area (Å²) in [6.07, 6.45) is 13.5. The number of hydrogen-bond acceptors (Lipinski definition) is 4. The monoisotopic (exact) mass is 370 g/mol. The highest BCUT2D eigenvalue weighted by Crippen LogP contribution is 2.19. The first kappa shape index (κ1) is 24.9. The van der Waals surface area contributed by atoms with Crippen LogP contribution in [-0.4, -0.2) is 25.2 Å². The van der Waals surface area contributed by atoms with Crippen molar-refractivity contribution in [2.45, 2.75) is 105 Å². The van der Waals surface area contributed by atoms with Gasteiger partial charge in [0, 0.05) is 0 Å². The summed E-state index contributed by atoms with van der Waals surface area (Å²) in [4.78, 5) is 24.0. The molecule has 0 bridgehead atoms. The van der Waals surface area contributed by atoms with E-state index in [1.165, 1.54) is 51.4 Å². The number of hydrogen-bond donors (Lipinski definition) is 0. The minimum Gasteiger partial charge on any atom is -0.466 e. The van der Waals surface area contributed by atoms with Gasteiger partial charge in [-0.1, -0.05) is 85.0 Å². The first-order chi connectivity index (χ1) is 12.5. The first-order valence-corrected chi connectivity index (χ1v) is 10.8. The average molecular weight is 371 g/mol. The van der Waals surface area contributed by atoms with Crippen LogP contribution in [0.5, 0.6) is 0 Å². The zero-order valence-electron chi connectivity index (χ0n) is 17.7. The molecule has 0 amide bonds. The van der Waals surface area contributed by atoms with E-state index in [1.807, 2.05) is 13.8 Å². The number of rotatable bonds is 17. The van der Waals surface area contributed by atoms with Crippen molar-refractivity contribution in [3.05, 3.63) is 0 Å². The predicted octanol–water partition coefficient (Wildman–Crippen LogP) is 6.07. The van der Waals surface area contributed by atoms with Crippen molar-refractivity contribution in [3.63, 3.8) is 0 Å². The summed E-state index contributed by atoms with van der Waals surface area (Å²) in [6, 6.07) is 0. The van der Waals surface area contributed by atoms with E-state index >= 15 is 0 Å². The molecule has 0 N–H and O–H groups in total. The fourth-order valence-corrected chi connectivity index (χ4v) is 2.97. The minimum atomic E-state index is -0.359. The Morgan fingerprint density at radius 1 is 0.769 bits per heavy atom. The Morgan fingerprint density at radius 3 is 1.81 bits per heavy atom. The molecule has 26 heavy (non-hydrogen) atoms. The predicted molar refractivity (Wildman–Crippen MR) is 107 cm³/mol. The Kier molecular flexibility index (Phi) is 16.7. The molecule has 0 aromatic carbocycles. The highest BCUT2D eigenvalue weighted by Gasteiger charge is 2.24. The van der Waals surface area contributed by atoms with Gasteiger partial charge in [-0.15, -0.1) is 0 Å². The van der Waals surface area contributed by atoms with E-state index in [0.29, 0.717) is 25.6 Å². The third-order valence-corrected chi connectivity index (χ3v) is 4.52. The van der Waals surface area contributed by atoms with E-state index in [2.05, 4.69) is 6.92 Å². The van der Waals surface area contributed by atoms with Crippen molar-refractivity contribution in [2.24, 2.45) is 11.8 Å². The molecule has 0 saturated heterocycles. The largest absolute Gasteiger partial charge is 0.466 e. The lowest BCUT2D eigenvalue weighted by atomic mass is 9.97. The van der Waals surface area contributed by atoms with Gasteiger partial charge in [-0.25, -0.2) is 0 Å². The molecule has 0 aromatic rings. The molecule has 1 atom stereocenters. The molecule has 0 aliphatic rings. The van der Waals surface area contributed by atoms with Gasteiger partial charge in [-0.2, -0.15) is 0 Å². The van der Waals surface area contributed by atoms with Crippen molar-refractivity contribution in [2.75, 3.05) is 13.2 Å². The van der Waals surface area contributed by atoms with Crippen LogP contribution in [0.25, 0.3) is 0 Å². The molecule has 0 rings (SSSR count). The highest BCUT2D eigenvalue weighted by atomic mass is 16.5. The third kappa shape index (κ3) is 15.2. The molecule has 0 saturated carbocycles. The maximum atomic E-state index is 12.2. The van der Waals surface area contributed by atoms with Crippen molar-refractivity contribution >= 4 is 11.9 Å². The van der Waals surface area contributed by atoms with Crippen molar-refractivity contribution in [1.82, 2.24) is 0 Å². The summed E-state index contributed by atoms with van der Waals surface area (Å²) in [5, 5.41) is 0. The number of ether oxygens (including phenoxy) is 2. The molecule has 154 valence electrons. The van der Waals surface area contributed by atoms with Crippen LogP contribution in [0.2, 0.25) is 0 Å². The quantitative estimate of drug-likeness (QED) is 0.230. The fourth-order valence-electron chi connectivity index (χ4n) is 2.97. The molecule has 4 heteroatoms.